The molecule has 0 fully saturated rings. The van der Waals surface area contributed by atoms with Gasteiger partial charge in [-0.25, -0.2) is 4.39 Å². The zero-order chi connectivity index (χ0) is 8.72. The number of fused-ring (bicyclic) bond motifs is 1. The van der Waals surface area contributed by atoms with E-state index in [9.17, 15) is 9.50 Å². The van der Waals surface area contributed by atoms with Crippen molar-refractivity contribution in [1.82, 2.24) is 10.2 Å². The topological polar surface area (TPSA) is 48.9 Å². The van der Waals surface area contributed by atoms with Crippen LogP contribution < -0.4 is 0 Å². The van der Waals surface area contributed by atoms with Crippen molar-refractivity contribution in [2.45, 2.75) is 6.92 Å². The standard InChI is InChI=1S/C8H7FN2O/c1-4-2-5-3-10-11-7(5)6(9)8(4)12/h2-3,12H,1H3,(H,10,11). The van der Waals surface area contributed by atoms with Crippen LogP contribution >= 0.6 is 0 Å². The van der Waals surface area contributed by atoms with Gasteiger partial charge in [0.1, 0.15) is 5.52 Å². The van der Waals surface area contributed by atoms with E-state index in [4.69, 9.17) is 0 Å². The Labute approximate surface area is 67.8 Å². The van der Waals surface area contributed by atoms with Crippen LogP contribution in [-0.4, -0.2) is 15.3 Å². The van der Waals surface area contributed by atoms with Gasteiger partial charge in [0.05, 0.1) is 0 Å². The lowest BCUT2D eigenvalue weighted by molar-refractivity contribution is 0.431. The molecule has 12 heavy (non-hydrogen) atoms. The Morgan fingerprint density at radius 1 is 1.58 bits per heavy atom. The summed E-state index contributed by atoms with van der Waals surface area (Å²) in [6, 6.07) is 1.68. The van der Waals surface area contributed by atoms with Crippen molar-refractivity contribution in [2.24, 2.45) is 0 Å². The third-order valence-corrected chi connectivity index (χ3v) is 1.83. The molecule has 1 aromatic heterocycles. The summed E-state index contributed by atoms with van der Waals surface area (Å²) >= 11 is 0. The molecular weight excluding hydrogens is 159 g/mol. The van der Waals surface area contributed by atoms with Crippen LogP contribution in [-0.2, 0) is 0 Å². The Morgan fingerprint density at radius 2 is 2.33 bits per heavy atom. The van der Waals surface area contributed by atoms with Crippen LogP contribution in [0, 0.1) is 12.7 Å². The number of aromatic hydroxyl groups is 1. The van der Waals surface area contributed by atoms with Crippen molar-refractivity contribution in [3.8, 4) is 5.75 Å². The third kappa shape index (κ3) is 0.777. The van der Waals surface area contributed by atoms with E-state index in [0.717, 1.165) is 0 Å². The van der Waals surface area contributed by atoms with Gasteiger partial charge in [0.25, 0.3) is 0 Å². The number of phenols is 1. The van der Waals surface area contributed by atoms with Crippen molar-refractivity contribution >= 4 is 10.9 Å². The summed E-state index contributed by atoms with van der Waals surface area (Å²) < 4.78 is 13.2. The molecule has 0 atom stereocenters. The summed E-state index contributed by atoms with van der Waals surface area (Å²) in [6.45, 7) is 1.64. The molecule has 2 rings (SSSR count). The van der Waals surface area contributed by atoms with Gasteiger partial charge in [-0.1, -0.05) is 0 Å². The Balaban J connectivity index is 2.94. The van der Waals surface area contributed by atoms with Gasteiger partial charge in [-0.3, -0.25) is 5.10 Å². The number of rotatable bonds is 0. The summed E-state index contributed by atoms with van der Waals surface area (Å²) in [7, 11) is 0. The smallest absolute Gasteiger partial charge is 0.193 e. The lowest BCUT2D eigenvalue weighted by atomic mass is 10.1. The van der Waals surface area contributed by atoms with Gasteiger partial charge in [0, 0.05) is 11.6 Å². The van der Waals surface area contributed by atoms with E-state index < -0.39 is 5.82 Å². The monoisotopic (exact) mass is 166 g/mol. The van der Waals surface area contributed by atoms with E-state index in [2.05, 4.69) is 10.2 Å². The highest BCUT2D eigenvalue weighted by molar-refractivity contribution is 5.81. The van der Waals surface area contributed by atoms with Gasteiger partial charge < -0.3 is 5.11 Å². The summed E-state index contributed by atoms with van der Waals surface area (Å²) in [6.07, 6.45) is 1.59. The molecule has 0 amide bonds. The second kappa shape index (κ2) is 2.20. The number of nitrogens with zero attached hydrogens (tertiary/aromatic N) is 1. The van der Waals surface area contributed by atoms with Crippen molar-refractivity contribution in [3.05, 3.63) is 23.6 Å². The molecule has 1 heterocycles. The molecular formula is C8H7FN2O. The van der Waals surface area contributed by atoms with Crippen LogP contribution in [0.5, 0.6) is 5.75 Å². The molecule has 0 saturated heterocycles. The number of H-pyrrole nitrogens is 1. The fraction of sp³-hybridized carbons (Fsp3) is 0.125. The number of nitrogens with one attached hydrogen (secondary N) is 1. The van der Waals surface area contributed by atoms with Crippen LogP contribution in [0.25, 0.3) is 10.9 Å². The van der Waals surface area contributed by atoms with Gasteiger partial charge in [0.15, 0.2) is 11.6 Å². The normalized spacial score (nSPS) is 10.8. The fourth-order valence-electron chi connectivity index (χ4n) is 1.17. The SMILES string of the molecule is Cc1cc2c[nH]nc2c(F)c1O. The third-order valence-electron chi connectivity index (χ3n) is 1.83. The zero-order valence-electron chi connectivity index (χ0n) is 6.43. The number of benzene rings is 1. The second-order valence-corrected chi connectivity index (χ2v) is 2.68. The maximum absolute atomic E-state index is 13.2. The number of phenolic OH excluding ortho intramolecular Hbond substituents is 1. The van der Waals surface area contributed by atoms with E-state index in [0.29, 0.717) is 10.9 Å². The molecule has 0 aliphatic heterocycles. The van der Waals surface area contributed by atoms with Crippen LogP contribution in [0.4, 0.5) is 4.39 Å². The fourth-order valence-corrected chi connectivity index (χ4v) is 1.17. The minimum Gasteiger partial charge on any atom is -0.505 e. The van der Waals surface area contributed by atoms with Gasteiger partial charge >= 0.3 is 0 Å². The summed E-state index contributed by atoms with van der Waals surface area (Å²) in [5.74, 6) is -0.985. The number of aromatic amines is 1. The minimum atomic E-state index is -0.661. The first-order valence-corrected chi connectivity index (χ1v) is 3.51. The summed E-state index contributed by atoms with van der Waals surface area (Å²) in [5, 5.41) is 16.1. The Bertz CT molecular complexity index is 436. The van der Waals surface area contributed by atoms with Crippen LogP contribution in [0.2, 0.25) is 0 Å². The highest BCUT2D eigenvalue weighted by Crippen LogP contribution is 2.27. The number of hydrogen-bond donors (Lipinski definition) is 2. The molecule has 0 spiro atoms. The average molecular weight is 166 g/mol. The van der Waals surface area contributed by atoms with Gasteiger partial charge in [-0.15, -0.1) is 0 Å². The van der Waals surface area contributed by atoms with Crippen LogP contribution in [0.1, 0.15) is 5.56 Å². The molecule has 0 aliphatic carbocycles. The van der Waals surface area contributed by atoms with Crippen molar-refractivity contribution in [3.63, 3.8) is 0 Å². The molecule has 0 radical (unpaired) electrons. The summed E-state index contributed by atoms with van der Waals surface area (Å²) in [5.41, 5.74) is 0.694. The van der Waals surface area contributed by atoms with E-state index >= 15 is 0 Å². The maximum Gasteiger partial charge on any atom is 0.193 e. The number of aryl methyl sites for hydroxylation is 1. The number of aromatic nitrogens is 2. The van der Waals surface area contributed by atoms with Crippen LogP contribution in [0.15, 0.2) is 12.3 Å². The molecule has 1 aromatic carbocycles. The highest BCUT2D eigenvalue weighted by Gasteiger charge is 2.10. The Morgan fingerprint density at radius 3 is 3.08 bits per heavy atom. The van der Waals surface area contributed by atoms with Crippen molar-refractivity contribution < 1.29 is 9.50 Å². The number of halogens is 1. The molecule has 4 heteroatoms. The first kappa shape index (κ1) is 7.09. The van der Waals surface area contributed by atoms with Gasteiger partial charge in [0.2, 0.25) is 0 Å². The van der Waals surface area contributed by atoms with Crippen molar-refractivity contribution in [2.75, 3.05) is 0 Å². The van der Waals surface area contributed by atoms with E-state index in [1.54, 1.807) is 19.2 Å². The Kier molecular flexibility index (Phi) is 1.30. The quantitative estimate of drug-likeness (QED) is 0.626. The molecule has 2 aromatic rings. The molecule has 0 aliphatic rings. The summed E-state index contributed by atoms with van der Waals surface area (Å²) in [4.78, 5) is 0. The average Bonchev–Trinajstić information content (AvgIpc) is 2.48. The number of hydrogen-bond acceptors (Lipinski definition) is 2. The second-order valence-electron chi connectivity index (χ2n) is 2.68. The lowest BCUT2D eigenvalue weighted by Gasteiger charge is -1.99. The molecule has 0 saturated carbocycles. The minimum absolute atomic E-state index is 0.179. The highest BCUT2D eigenvalue weighted by atomic mass is 19.1. The van der Waals surface area contributed by atoms with E-state index in [-0.39, 0.29) is 11.3 Å². The van der Waals surface area contributed by atoms with E-state index in [1.165, 1.54) is 0 Å². The van der Waals surface area contributed by atoms with E-state index in [1.807, 2.05) is 0 Å². The molecule has 2 N–H and O–H groups in total. The zero-order valence-corrected chi connectivity index (χ0v) is 6.43. The molecule has 62 valence electrons. The molecule has 0 bridgehead atoms. The maximum atomic E-state index is 13.2. The van der Waals surface area contributed by atoms with Gasteiger partial charge in [-0.05, 0) is 18.6 Å². The Hall–Kier alpha value is -1.58. The van der Waals surface area contributed by atoms with Crippen molar-refractivity contribution in [1.29, 1.82) is 0 Å². The lowest BCUT2D eigenvalue weighted by Crippen LogP contribution is -1.83. The predicted octanol–water partition coefficient (Wildman–Crippen LogP) is 1.72. The predicted molar refractivity (Wildman–Crippen MR) is 42.5 cm³/mol. The van der Waals surface area contributed by atoms with Gasteiger partial charge in [-0.2, -0.15) is 5.10 Å². The molecule has 0 unspecified atom stereocenters. The first-order valence-electron chi connectivity index (χ1n) is 3.51. The van der Waals surface area contributed by atoms with Crippen LogP contribution in [0.3, 0.4) is 0 Å². The first-order chi connectivity index (χ1) is 5.70. The molecule has 3 nitrogen and oxygen atoms in total. The largest absolute Gasteiger partial charge is 0.505 e.